The van der Waals surface area contributed by atoms with Crippen molar-refractivity contribution < 1.29 is 9.90 Å². The van der Waals surface area contributed by atoms with Gasteiger partial charge in [0.2, 0.25) is 0 Å². The Bertz CT molecular complexity index is 386. The van der Waals surface area contributed by atoms with E-state index < -0.39 is 12.0 Å². The summed E-state index contributed by atoms with van der Waals surface area (Å²) in [5.41, 5.74) is 8.90. The van der Waals surface area contributed by atoms with Crippen LogP contribution in [-0.2, 0) is 4.79 Å². The summed E-state index contributed by atoms with van der Waals surface area (Å²) < 4.78 is 0. The highest BCUT2D eigenvalue weighted by Gasteiger charge is 2.24. The molecule has 0 saturated carbocycles. The summed E-state index contributed by atoms with van der Waals surface area (Å²) in [6.07, 6.45) is 0. The smallest absolute Gasteiger partial charge is 0.349 e. The molecule has 1 aromatic rings. The van der Waals surface area contributed by atoms with E-state index >= 15 is 0 Å². The molecule has 15 heavy (non-hydrogen) atoms. The van der Waals surface area contributed by atoms with E-state index in [1.54, 1.807) is 30.3 Å². The number of azide groups is 1. The van der Waals surface area contributed by atoms with Crippen molar-refractivity contribution in [1.29, 1.82) is 0 Å². The number of carbonyl (C=O) groups is 1. The van der Waals surface area contributed by atoms with Crippen LogP contribution >= 0.6 is 0 Å². The molecule has 0 aromatic heterocycles. The van der Waals surface area contributed by atoms with E-state index in [1.807, 2.05) is 0 Å². The van der Waals surface area contributed by atoms with Gasteiger partial charge >= 0.3 is 5.97 Å². The fourth-order valence-corrected chi connectivity index (χ4v) is 1.08. The number of aliphatic carboxylic acids is 1. The van der Waals surface area contributed by atoms with Crippen molar-refractivity contribution in [3.05, 3.63) is 40.8 Å². The van der Waals surface area contributed by atoms with Gasteiger partial charge < -0.3 is 5.11 Å². The summed E-state index contributed by atoms with van der Waals surface area (Å²) in [4.78, 5) is 13.4. The van der Waals surface area contributed by atoms with Crippen molar-refractivity contribution >= 4 is 11.7 Å². The molecule has 6 nitrogen and oxygen atoms in total. The van der Waals surface area contributed by atoms with Crippen LogP contribution in [0, 0.1) is 0 Å². The Hall–Kier alpha value is -2.20. The van der Waals surface area contributed by atoms with Crippen LogP contribution in [0.3, 0.4) is 0 Å². The standard InChI is InChI=1S/C9H10N4O2/c1-7(9(14)15)13(12-11-10)8-5-3-2-4-6-8/h2-7H,1H3,(H,14,15)/t7-/m0/s1. The van der Waals surface area contributed by atoms with Gasteiger partial charge in [0.1, 0.15) is 5.69 Å². The summed E-state index contributed by atoms with van der Waals surface area (Å²) >= 11 is 0. The third-order valence-electron chi connectivity index (χ3n) is 1.88. The zero-order valence-corrected chi connectivity index (χ0v) is 8.11. The molecule has 0 heterocycles. The van der Waals surface area contributed by atoms with E-state index in [9.17, 15) is 4.79 Å². The predicted octanol–water partition coefficient (Wildman–Crippen LogP) is 2.19. The molecule has 0 unspecified atom stereocenters. The average Bonchev–Trinajstić information content (AvgIpc) is 2.26. The largest absolute Gasteiger partial charge is 0.478 e. The van der Waals surface area contributed by atoms with E-state index in [2.05, 4.69) is 10.1 Å². The Balaban J connectivity index is 3.03. The fraction of sp³-hybridized carbons (Fsp3) is 0.222. The minimum Gasteiger partial charge on any atom is -0.478 e. The third-order valence-corrected chi connectivity index (χ3v) is 1.88. The Kier molecular flexibility index (Phi) is 3.54. The molecule has 0 radical (unpaired) electrons. The molecule has 0 amide bonds. The normalized spacial score (nSPS) is 11.3. The van der Waals surface area contributed by atoms with Crippen LogP contribution in [0.1, 0.15) is 6.92 Å². The van der Waals surface area contributed by atoms with Gasteiger partial charge in [0.05, 0.1) is 0 Å². The molecule has 0 saturated heterocycles. The van der Waals surface area contributed by atoms with Gasteiger partial charge in [0, 0.05) is 0 Å². The van der Waals surface area contributed by atoms with Crippen molar-refractivity contribution in [2.24, 2.45) is 5.22 Å². The molecule has 0 aliphatic rings. The highest BCUT2D eigenvalue weighted by atomic mass is 16.4. The van der Waals surface area contributed by atoms with Gasteiger partial charge in [-0.1, -0.05) is 18.2 Å². The number of benzene rings is 1. The summed E-state index contributed by atoms with van der Waals surface area (Å²) in [5, 5.41) is 13.3. The fourth-order valence-electron chi connectivity index (χ4n) is 1.08. The first-order valence-electron chi connectivity index (χ1n) is 4.29. The van der Waals surface area contributed by atoms with Gasteiger partial charge in [-0.25, -0.2) is 9.80 Å². The van der Waals surface area contributed by atoms with Crippen molar-refractivity contribution in [3.8, 4) is 0 Å². The lowest BCUT2D eigenvalue weighted by atomic mass is 10.2. The van der Waals surface area contributed by atoms with Crippen molar-refractivity contribution in [2.45, 2.75) is 13.0 Å². The van der Waals surface area contributed by atoms with Crippen molar-refractivity contribution in [2.75, 3.05) is 5.01 Å². The quantitative estimate of drug-likeness (QED) is 0.354. The minimum absolute atomic E-state index is 0.546. The molecule has 1 rings (SSSR count). The first-order chi connectivity index (χ1) is 7.16. The lowest BCUT2D eigenvalue weighted by Crippen LogP contribution is -2.34. The average molecular weight is 206 g/mol. The predicted molar refractivity (Wildman–Crippen MR) is 55.2 cm³/mol. The summed E-state index contributed by atoms with van der Waals surface area (Å²) in [7, 11) is 0. The van der Waals surface area contributed by atoms with Gasteiger partial charge in [-0.15, -0.1) is 5.53 Å². The van der Waals surface area contributed by atoms with Crippen molar-refractivity contribution in [1.82, 2.24) is 0 Å². The maximum absolute atomic E-state index is 10.8. The molecule has 0 bridgehead atoms. The number of rotatable bonds is 4. The van der Waals surface area contributed by atoms with Crippen molar-refractivity contribution in [3.63, 3.8) is 0 Å². The molecule has 0 aliphatic heterocycles. The number of carboxylic acid groups (broad SMARTS) is 1. The second kappa shape index (κ2) is 4.88. The van der Waals surface area contributed by atoms with E-state index in [4.69, 9.17) is 10.6 Å². The molecule has 1 N–H and O–H groups in total. The van der Waals surface area contributed by atoms with Crippen LogP contribution in [0.2, 0.25) is 0 Å². The van der Waals surface area contributed by atoms with E-state index in [0.29, 0.717) is 5.69 Å². The molecule has 78 valence electrons. The van der Waals surface area contributed by atoms with Crippen LogP contribution in [0.5, 0.6) is 0 Å². The number of hydrogen-bond acceptors (Lipinski definition) is 2. The number of hydrogen-bond donors (Lipinski definition) is 1. The topological polar surface area (TPSA) is 89.3 Å². The maximum atomic E-state index is 10.8. The number of anilines is 1. The Morgan fingerprint density at radius 1 is 1.53 bits per heavy atom. The zero-order valence-electron chi connectivity index (χ0n) is 8.11. The summed E-state index contributed by atoms with van der Waals surface area (Å²) in [5.74, 6) is -1.05. The number of carboxylic acids is 1. The molecular formula is C9H10N4O2. The SMILES string of the molecule is C[C@@H](C(=O)O)N(N=[N+]=[N-])c1ccccc1. The Morgan fingerprint density at radius 2 is 2.13 bits per heavy atom. The minimum atomic E-state index is -1.05. The molecule has 6 heteroatoms. The third kappa shape index (κ3) is 2.62. The second-order valence-electron chi connectivity index (χ2n) is 2.87. The van der Waals surface area contributed by atoms with Crippen LogP contribution < -0.4 is 5.01 Å². The van der Waals surface area contributed by atoms with E-state index in [-0.39, 0.29) is 0 Å². The molecule has 1 atom stereocenters. The van der Waals surface area contributed by atoms with Crippen LogP contribution in [-0.4, -0.2) is 17.1 Å². The first kappa shape index (κ1) is 10.9. The maximum Gasteiger partial charge on any atom is 0.349 e. The zero-order chi connectivity index (χ0) is 11.3. The Morgan fingerprint density at radius 3 is 2.60 bits per heavy atom. The molecule has 1 aromatic carbocycles. The van der Waals surface area contributed by atoms with Gasteiger partial charge in [-0.05, 0) is 24.3 Å². The number of nitrogens with zero attached hydrogens (tertiary/aromatic N) is 4. The van der Waals surface area contributed by atoms with Crippen LogP contribution in [0.15, 0.2) is 35.6 Å². The summed E-state index contributed by atoms with van der Waals surface area (Å²) in [6, 6.07) is 7.72. The van der Waals surface area contributed by atoms with E-state index in [1.165, 1.54) is 6.92 Å². The molecule has 0 fully saturated rings. The van der Waals surface area contributed by atoms with Gasteiger partial charge in [-0.3, -0.25) is 0 Å². The monoisotopic (exact) mass is 206 g/mol. The molecule has 0 spiro atoms. The van der Waals surface area contributed by atoms with Gasteiger partial charge in [0.25, 0.3) is 0 Å². The van der Waals surface area contributed by atoms with Crippen LogP contribution in [0.25, 0.3) is 10.4 Å². The molecular weight excluding hydrogens is 196 g/mol. The van der Waals surface area contributed by atoms with Gasteiger partial charge in [-0.2, -0.15) is 4.91 Å². The van der Waals surface area contributed by atoms with Gasteiger partial charge in [0.15, 0.2) is 6.04 Å². The number of para-hydroxylation sites is 1. The highest BCUT2D eigenvalue weighted by molar-refractivity contribution is 5.77. The molecule has 0 aliphatic carbocycles. The second-order valence-corrected chi connectivity index (χ2v) is 2.87. The van der Waals surface area contributed by atoms with E-state index in [0.717, 1.165) is 5.01 Å². The Labute approximate surface area is 86.3 Å². The van der Waals surface area contributed by atoms with Crippen LogP contribution in [0.4, 0.5) is 5.69 Å². The lowest BCUT2D eigenvalue weighted by Gasteiger charge is -2.17. The summed E-state index contributed by atoms with van der Waals surface area (Å²) in [6.45, 7) is 1.45. The first-order valence-corrected chi connectivity index (χ1v) is 4.29. The lowest BCUT2D eigenvalue weighted by molar-refractivity contribution is -0.138. The highest BCUT2D eigenvalue weighted by Crippen LogP contribution is 2.17.